The van der Waals surface area contributed by atoms with Crippen molar-refractivity contribution in [1.29, 1.82) is 0 Å². The molecule has 1 atom stereocenters. The molecule has 0 bridgehead atoms. The van der Waals surface area contributed by atoms with Crippen LogP contribution in [0, 0.1) is 11.8 Å². The minimum Gasteiger partial charge on any atom is -0.320 e. The van der Waals surface area contributed by atoms with Crippen LogP contribution >= 0.6 is 23.2 Å². The number of pyridine rings is 1. The van der Waals surface area contributed by atoms with Gasteiger partial charge in [0.15, 0.2) is 0 Å². The van der Waals surface area contributed by atoms with Gasteiger partial charge in [-0.05, 0) is 37.1 Å². The average Bonchev–Trinajstić information content (AvgIpc) is 2.47. The van der Waals surface area contributed by atoms with E-state index in [1.54, 1.807) is 43.3 Å². The van der Waals surface area contributed by atoms with Crippen LogP contribution in [0.15, 0.2) is 36.4 Å². The Labute approximate surface area is 138 Å². The highest BCUT2D eigenvalue weighted by Gasteiger charge is 2.08. The molecule has 112 valence electrons. The molecule has 0 saturated heterocycles. The topological polar surface area (TPSA) is 68.0 Å². The van der Waals surface area contributed by atoms with Crippen molar-refractivity contribution in [3.05, 3.63) is 57.7 Å². The molecular weight excluding hydrogens is 321 g/mol. The average molecular weight is 334 g/mol. The lowest BCUT2D eigenvalue weighted by Gasteiger charge is -2.06. The van der Waals surface area contributed by atoms with Gasteiger partial charge in [0.05, 0.1) is 21.7 Å². The molecule has 0 radical (unpaired) electrons. The second kappa shape index (κ2) is 7.28. The summed E-state index contributed by atoms with van der Waals surface area (Å²) in [7, 11) is 0. The number of benzene rings is 1. The zero-order valence-electron chi connectivity index (χ0n) is 11.7. The fraction of sp³-hybridized carbons (Fsp3) is 0.125. The van der Waals surface area contributed by atoms with E-state index < -0.39 is 6.04 Å². The van der Waals surface area contributed by atoms with Gasteiger partial charge in [-0.1, -0.05) is 41.3 Å². The third-order valence-corrected chi connectivity index (χ3v) is 3.32. The SMILES string of the molecule is CC(N)C(=O)Nc1cccc(C#Cc2c(Cl)cccc2Cl)n1. The Kier molecular flexibility index (Phi) is 5.40. The van der Waals surface area contributed by atoms with Crippen molar-refractivity contribution >= 4 is 34.9 Å². The molecule has 1 aromatic carbocycles. The summed E-state index contributed by atoms with van der Waals surface area (Å²) in [6.07, 6.45) is 0. The highest BCUT2D eigenvalue weighted by molar-refractivity contribution is 6.36. The van der Waals surface area contributed by atoms with E-state index in [0.717, 1.165) is 0 Å². The lowest BCUT2D eigenvalue weighted by Crippen LogP contribution is -2.32. The van der Waals surface area contributed by atoms with Gasteiger partial charge in [0.25, 0.3) is 0 Å². The van der Waals surface area contributed by atoms with E-state index in [9.17, 15) is 4.79 Å². The maximum atomic E-state index is 11.5. The standard InChI is InChI=1S/C16H13Cl2N3O/c1-10(19)16(22)21-15-7-2-4-11(20-15)8-9-12-13(17)5-3-6-14(12)18/h2-7,10H,19H2,1H3,(H,20,21,22). The Morgan fingerprint density at radius 2 is 1.82 bits per heavy atom. The van der Waals surface area contributed by atoms with Crippen molar-refractivity contribution in [2.24, 2.45) is 5.73 Å². The van der Waals surface area contributed by atoms with E-state index in [2.05, 4.69) is 22.1 Å². The van der Waals surface area contributed by atoms with E-state index in [1.165, 1.54) is 0 Å². The Bertz CT molecular complexity index is 743. The van der Waals surface area contributed by atoms with Crippen molar-refractivity contribution in [3.63, 3.8) is 0 Å². The zero-order chi connectivity index (χ0) is 16.1. The second-order valence-corrected chi connectivity index (χ2v) is 5.35. The van der Waals surface area contributed by atoms with Gasteiger partial charge in [0.1, 0.15) is 11.5 Å². The summed E-state index contributed by atoms with van der Waals surface area (Å²) < 4.78 is 0. The minimum atomic E-state index is -0.613. The number of rotatable bonds is 2. The summed E-state index contributed by atoms with van der Waals surface area (Å²) in [5.74, 6) is 5.84. The van der Waals surface area contributed by atoms with Gasteiger partial charge in [-0.3, -0.25) is 4.79 Å². The molecular formula is C16H13Cl2N3O. The smallest absolute Gasteiger partial charge is 0.242 e. The van der Waals surface area contributed by atoms with Crippen molar-refractivity contribution in [2.75, 3.05) is 5.32 Å². The van der Waals surface area contributed by atoms with Crippen LogP contribution in [0.3, 0.4) is 0 Å². The third-order valence-electron chi connectivity index (χ3n) is 2.69. The molecule has 1 aromatic heterocycles. The number of aromatic nitrogens is 1. The van der Waals surface area contributed by atoms with Crippen molar-refractivity contribution < 1.29 is 4.79 Å². The molecule has 2 rings (SSSR count). The fourth-order valence-corrected chi connectivity index (χ4v) is 2.05. The monoisotopic (exact) mass is 333 g/mol. The first kappa shape index (κ1) is 16.3. The van der Waals surface area contributed by atoms with Gasteiger partial charge in [-0.25, -0.2) is 4.98 Å². The first-order valence-corrected chi connectivity index (χ1v) is 7.22. The molecule has 1 unspecified atom stereocenters. The van der Waals surface area contributed by atoms with E-state index in [-0.39, 0.29) is 5.91 Å². The van der Waals surface area contributed by atoms with Crippen LogP contribution in [0.2, 0.25) is 10.0 Å². The van der Waals surface area contributed by atoms with Crippen molar-refractivity contribution in [1.82, 2.24) is 4.98 Å². The van der Waals surface area contributed by atoms with Crippen LogP contribution in [0.5, 0.6) is 0 Å². The largest absolute Gasteiger partial charge is 0.320 e. The molecule has 3 N–H and O–H groups in total. The van der Waals surface area contributed by atoms with Crippen molar-refractivity contribution in [3.8, 4) is 11.8 Å². The number of hydrogen-bond donors (Lipinski definition) is 2. The summed E-state index contributed by atoms with van der Waals surface area (Å²) in [5, 5.41) is 3.55. The fourth-order valence-electron chi connectivity index (χ4n) is 1.56. The molecule has 1 heterocycles. The van der Waals surface area contributed by atoms with Crippen molar-refractivity contribution in [2.45, 2.75) is 13.0 Å². The van der Waals surface area contributed by atoms with Crippen LogP contribution in [-0.2, 0) is 4.79 Å². The molecule has 2 aromatic rings. The molecule has 6 heteroatoms. The molecule has 1 amide bonds. The molecule has 0 saturated carbocycles. The molecule has 0 aliphatic rings. The van der Waals surface area contributed by atoms with Crippen LogP contribution < -0.4 is 11.1 Å². The van der Waals surface area contributed by atoms with E-state index in [0.29, 0.717) is 27.1 Å². The van der Waals surface area contributed by atoms with Gasteiger partial charge in [-0.15, -0.1) is 0 Å². The molecule has 22 heavy (non-hydrogen) atoms. The van der Waals surface area contributed by atoms with Gasteiger partial charge in [0, 0.05) is 0 Å². The Balaban J connectivity index is 2.25. The number of anilines is 1. The minimum absolute atomic E-state index is 0.313. The Hall–Kier alpha value is -2.06. The van der Waals surface area contributed by atoms with Crippen LogP contribution in [0.4, 0.5) is 5.82 Å². The highest BCUT2D eigenvalue weighted by Crippen LogP contribution is 2.23. The lowest BCUT2D eigenvalue weighted by molar-refractivity contribution is -0.117. The van der Waals surface area contributed by atoms with Crippen LogP contribution in [0.25, 0.3) is 0 Å². The number of nitrogens with one attached hydrogen (secondary N) is 1. The van der Waals surface area contributed by atoms with Crippen LogP contribution in [0.1, 0.15) is 18.2 Å². The van der Waals surface area contributed by atoms with Gasteiger partial charge < -0.3 is 11.1 Å². The van der Waals surface area contributed by atoms with Gasteiger partial charge in [-0.2, -0.15) is 0 Å². The number of amides is 1. The normalized spacial score (nSPS) is 11.3. The zero-order valence-corrected chi connectivity index (χ0v) is 13.2. The highest BCUT2D eigenvalue weighted by atomic mass is 35.5. The molecule has 0 spiro atoms. The number of nitrogens with two attached hydrogens (primary N) is 1. The van der Waals surface area contributed by atoms with Gasteiger partial charge in [0.2, 0.25) is 5.91 Å². The quantitative estimate of drug-likeness (QED) is 0.830. The number of carbonyl (C=O) groups excluding carboxylic acids is 1. The first-order valence-electron chi connectivity index (χ1n) is 6.47. The Morgan fingerprint density at radius 1 is 1.18 bits per heavy atom. The summed E-state index contributed by atoms with van der Waals surface area (Å²) in [6.45, 7) is 1.60. The summed E-state index contributed by atoms with van der Waals surface area (Å²) in [5.41, 5.74) is 6.52. The lowest BCUT2D eigenvalue weighted by atomic mass is 10.2. The van der Waals surface area contributed by atoms with Crippen LogP contribution in [-0.4, -0.2) is 16.9 Å². The number of carbonyl (C=O) groups is 1. The summed E-state index contributed by atoms with van der Waals surface area (Å²) in [6, 6.07) is 9.68. The molecule has 0 aliphatic heterocycles. The predicted octanol–water partition coefficient (Wildman–Crippen LogP) is 3.07. The summed E-state index contributed by atoms with van der Waals surface area (Å²) in [4.78, 5) is 15.8. The van der Waals surface area contributed by atoms with Gasteiger partial charge >= 0.3 is 0 Å². The number of halogens is 2. The number of nitrogens with zero attached hydrogens (tertiary/aromatic N) is 1. The van der Waals surface area contributed by atoms with E-state index >= 15 is 0 Å². The van der Waals surface area contributed by atoms with E-state index in [4.69, 9.17) is 28.9 Å². The van der Waals surface area contributed by atoms with E-state index in [1.807, 2.05) is 0 Å². The predicted molar refractivity (Wildman–Crippen MR) is 89.0 cm³/mol. The number of hydrogen-bond acceptors (Lipinski definition) is 3. The second-order valence-electron chi connectivity index (χ2n) is 4.53. The molecule has 0 aliphatic carbocycles. The Morgan fingerprint density at radius 3 is 2.45 bits per heavy atom. The maximum Gasteiger partial charge on any atom is 0.242 e. The molecule has 4 nitrogen and oxygen atoms in total. The third kappa shape index (κ3) is 4.22. The summed E-state index contributed by atoms with van der Waals surface area (Å²) >= 11 is 12.1. The first-order chi connectivity index (χ1) is 10.5. The molecule has 0 fully saturated rings. The maximum absolute atomic E-state index is 11.5.